The van der Waals surface area contributed by atoms with Crippen molar-refractivity contribution in [3.05, 3.63) is 40.6 Å². The van der Waals surface area contributed by atoms with E-state index >= 15 is 0 Å². The highest BCUT2D eigenvalue weighted by Crippen LogP contribution is 2.48. The third-order valence-electron chi connectivity index (χ3n) is 10.5. The molecule has 0 aliphatic carbocycles. The van der Waals surface area contributed by atoms with Crippen LogP contribution in [0.5, 0.6) is 0 Å². The molecule has 7 rings (SSSR count). The lowest BCUT2D eigenvalue weighted by Crippen LogP contribution is -3.00. The van der Waals surface area contributed by atoms with E-state index in [1.54, 1.807) is 13.0 Å². The van der Waals surface area contributed by atoms with Crippen LogP contribution < -0.4 is 27.6 Å². The predicted octanol–water partition coefficient (Wildman–Crippen LogP) is -5.11. The number of nitrogens with two attached hydrogens (primary N) is 1. The van der Waals surface area contributed by atoms with Gasteiger partial charge in [0, 0.05) is 12.3 Å². The molecule has 3 N–H and O–H groups in total. The first kappa shape index (κ1) is 30.7. The molecular formula is C28H38ClN5O7S. The number of hydrogen-bond acceptors (Lipinski definition) is 7. The van der Waals surface area contributed by atoms with Gasteiger partial charge in [0.2, 0.25) is 15.9 Å². The first-order valence-electron chi connectivity index (χ1n) is 14.3. The lowest BCUT2D eigenvalue weighted by molar-refractivity contribution is -1.08. The van der Waals surface area contributed by atoms with Crippen LogP contribution in [0.2, 0.25) is 0 Å². The summed E-state index contributed by atoms with van der Waals surface area (Å²) in [6.45, 7) is 10.0. The van der Waals surface area contributed by atoms with Crippen LogP contribution in [0.3, 0.4) is 0 Å². The summed E-state index contributed by atoms with van der Waals surface area (Å²) in [5, 5.41) is 22.3. The molecule has 230 valence electrons. The second kappa shape index (κ2) is 10.5. The number of aliphatic hydroxyl groups excluding tert-OH is 1. The topological polar surface area (TPSA) is 161 Å². The first-order chi connectivity index (χ1) is 19.3. The van der Waals surface area contributed by atoms with Crippen molar-refractivity contribution in [2.75, 3.05) is 63.2 Å². The number of sulfonamides is 1. The Kier molecular flexibility index (Phi) is 7.67. The summed E-state index contributed by atoms with van der Waals surface area (Å²) in [5.41, 5.74) is 7.80. The largest absolute Gasteiger partial charge is 1.00 e. The molecule has 14 heteroatoms. The third-order valence-corrected chi connectivity index (χ3v) is 12.1. The smallest absolute Gasteiger partial charge is 0.272 e. The number of halogens is 1. The van der Waals surface area contributed by atoms with Crippen molar-refractivity contribution < 1.29 is 54.4 Å². The van der Waals surface area contributed by atoms with Crippen LogP contribution in [0.4, 0.5) is 5.69 Å². The van der Waals surface area contributed by atoms with Crippen LogP contribution in [0.15, 0.2) is 29.5 Å². The van der Waals surface area contributed by atoms with E-state index < -0.39 is 45.9 Å². The van der Waals surface area contributed by atoms with Crippen LogP contribution in [-0.4, -0.2) is 116 Å². The van der Waals surface area contributed by atoms with Gasteiger partial charge in [-0.1, -0.05) is 19.1 Å². The van der Waals surface area contributed by atoms with Gasteiger partial charge in [-0.25, -0.2) is 8.42 Å². The molecule has 6 aliphatic rings. The van der Waals surface area contributed by atoms with Crippen molar-refractivity contribution >= 4 is 33.5 Å². The van der Waals surface area contributed by atoms with Gasteiger partial charge < -0.3 is 47.0 Å². The first-order valence-corrected chi connectivity index (χ1v) is 15.9. The number of β-lactam (4-membered cyclic amide) rings is 1. The second-order valence-electron chi connectivity index (χ2n) is 12.7. The van der Waals surface area contributed by atoms with Gasteiger partial charge in [-0.3, -0.25) is 13.9 Å². The fourth-order valence-electron chi connectivity index (χ4n) is 8.05. The highest BCUT2D eigenvalue weighted by Gasteiger charge is 2.59. The molecule has 0 aromatic heterocycles. The predicted molar refractivity (Wildman–Crippen MR) is 146 cm³/mol. The minimum absolute atomic E-state index is 0. The summed E-state index contributed by atoms with van der Waals surface area (Å²) >= 11 is 0. The van der Waals surface area contributed by atoms with Gasteiger partial charge in [0.05, 0.1) is 54.3 Å². The van der Waals surface area contributed by atoms with Crippen LogP contribution >= 0.6 is 0 Å². The zero-order valence-electron chi connectivity index (χ0n) is 23.9. The average molecular weight is 624 g/mol. The minimum Gasteiger partial charge on any atom is -1.00 e. The Balaban J connectivity index is 0.00000353. The molecule has 0 unspecified atom stereocenters. The molecule has 42 heavy (non-hydrogen) atoms. The molecule has 0 radical (unpaired) electrons. The number of carboxylic acids is 1. The number of hydrogen-bond donors (Lipinski definition) is 2. The SMILES string of the molecule is C[C@@H](O)[C@H]1C(=O)N2C(C(=O)[O-])=C(CN3c4cccc(CC[N+]56CC[N+](CC(N)=O)(CC5)CC6)c4CS3(=O)=O)[C@H](C)[C@H]12.[Cl-]. The average Bonchev–Trinajstić information content (AvgIpc) is 3.31. The van der Waals surface area contributed by atoms with Crippen molar-refractivity contribution in [1.82, 2.24) is 4.90 Å². The lowest BCUT2D eigenvalue weighted by Gasteiger charge is -2.55. The molecule has 0 saturated carbocycles. The van der Waals surface area contributed by atoms with E-state index in [1.807, 2.05) is 12.1 Å². The number of aliphatic hydroxyl groups is 1. The molecule has 6 heterocycles. The Morgan fingerprint density at radius 1 is 1.14 bits per heavy atom. The monoisotopic (exact) mass is 623 g/mol. The minimum atomic E-state index is -3.78. The van der Waals surface area contributed by atoms with Crippen LogP contribution in [0.1, 0.15) is 25.0 Å². The van der Waals surface area contributed by atoms with E-state index in [1.165, 1.54) is 11.2 Å². The van der Waals surface area contributed by atoms with Crippen molar-refractivity contribution in [2.24, 2.45) is 17.6 Å². The fourth-order valence-corrected chi connectivity index (χ4v) is 9.71. The van der Waals surface area contributed by atoms with Gasteiger partial charge in [0.25, 0.3) is 5.91 Å². The Labute approximate surface area is 252 Å². The summed E-state index contributed by atoms with van der Waals surface area (Å²) in [4.78, 5) is 37.6. The van der Waals surface area contributed by atoms with E-state index in [0.29, 0.717) is 24.2 Å². The number of piperazine rings is 3. The Hall–Kier alpha value is -2.71. The van der Waals surface area contributed by atoms with E-state index in [4.69, 9.17) is 5.73 Å². The summed E-state index contributed by atoms with van der Waals surface area (Å²) in [7, 11) is -3.78. The Bertz CT molecular complexity index is 1450. The van der Waals surface area contributed by atoms with Crippen LogP contribution in [-0.2, 0) is 36.6 Å². The highest BCUT2D eigenvalue weighted by atomic mass is 35.5. The number of primary amides is 1. The number of carbonyl (C=O) groups is 3. The molecule has 2 amide bonds. The molecule has 4 atom stereocenters. The van der Waals surface area contributed by atoms with Crippen LogP contribution in [0.25, 0.3) is 0 Å². The van der Waals surface area contributed by atoms with E-state index in [2.05, 4.69) is 0 Å². The van der Waals surface area contributed by atoms with Gasteiger partial charge in [0.15, 0.2) is 6.54 Å². The number of carboxylic acid groups (broad SMARTS) is 1. The lowest BCUT2D eigenvalue weighted by atomic mass is 9.78. The number of amides is 2. The van der Waals surface area contributed by atoms with E-state index in [-0.39, 0.29) is 36.3 Å². The van der Waals surface area contributed by atoms with Gasteiger partial charge in [0.1, 0.15) is 39.3 Å². The zero-order chi connectivity index (χ0) is 29.5. The maximum Gasteiger partial charge on any atom is 0.272 e. The number of quaternary nitrogens is 2. The molecule has 0 spiro atoms. The van der Waals surface area contributed by atoms with E-state index in [9.17, 15) is 33.0 Å². The number of benzene rings is 1. The summed E-state index contributed by atoms with van der Waals surface area (Å²) in [5.74, 6) is -3.60. The fraction of sp³-hybridized carbons (Fsp3) is 0.607. The van der Waals surface area contributed by atoms with E-state index in [0.717, 1.165) is 70.8 Å². The number of nitrogens with zero attached hydrogens (tertiary/aromatic N) is 4. The molecule has 4 fully saturated rings. The maximum atomic E-state index is 13.5. The van der Waals surface area contributed by atoms with Crippen molar-refractivity contribution in [2.45, 2.75) is 38.2 Å². The summed E-state index contributed by atoms with van der Waals surface area (Å²) < 4.78 is 30.0. The molecule has 6 aliphatic heterocycles. The molecule has 12 nitrogen and oxygen atoms in total. The van der Waals surface area contributed by atoms with Crippen LogP contribution in [0, 0.1) is 11.8 Å². The number of aliphatic carboxylic acids is 1. The second-order valence-corrected chi connectivity index (χ2v) is 14.6. The molecule has 2 bridgehead atoms. The standard InChI is InChI=1S/C28H37N5O7S.ClH/c1-17-20(26(28(37)38)31-25(17)24(18(2)34)27(31)36)14-30-22-5-3-4-19(21(22)16-41(30,39)40)6-7-32-8-11-33(12-9-32,13-10-32)15-23(29)35;/h3-5,17-18,24-25,34H,6-16H2,1-2H3,(H-2,29,35,37,38);1H/t17-,18+,24+,25+,32?,33?;/m0./s1. The molecule has 1 aromatic rings. The molecule has 4 saturated heterocycles. The van der Waals surface area contributed by atoms with Crippen molar-refractivity contribution in [3.8, 4) is 0 Å². The summed E-state index contributed by atoms with van der Waals surface area (Å²) in [6.07, 6.45) is -0.233. The zero-order valence-corrected chi connectivity index (χ0v) is 25.4. The summed E-state index contributed by atoms with van der Waals surface area (Å²) in [6, 6.07) is 5.03. The number of fused-ring (bicyclic) bond motifs is 5. The van der Waals surface area contributed by atoms with Crippen molar-refractivity contribution in [1.29, 1.82) is 0 Å². The van der Waals surface area contributed by atoms with Crippen molar-refractivity contribution in [3.63, 3.8) is 0 Å². The third kappa shape index (κ3) is 4.69. The molecular weight excluding hydrogens is 586 g/mol. The number of carbonyl (C=O) groups excluding carboxylic acids is 3. The van der Waals surface area contributed by atoms with Gasteiger partial charge in [-0.2, -0.15) is 0 Å². The number of anilines is 1. The maximum absolute atomic E-state index is 13.5. The Morgan fingerprint density at radius 3 is 2.33 bits per heavy atom. The Morgan fingerprint density at radius 2 is 1.76 bits per heavy atom. The van der Waals surface area contributed by atoms with Gasteiger partial charge in [-0.15, -0.1) is 0 Å². The molecule has 1 aromatic carbocycles. The highest BCUT2D eigenvalue weighted by molar-refractivity contribution is 7.92. The van der Waals surface area contributed by atoms with Gasteiger partial charge >= 0.3 is 0 Å². The quantitative estimate of drug-likeness (QED) is 0.205. The normalized spacial score (nSPS) is 33.1. The van der Waals surface area contributed by atoms with Gasteiger partial charge in [-0.05, 0) is 29.7 Å². The number of rotatable bonds is 9.